The smallest absolute Gasteiger partial charge is 0.322 e. The summed E-state index contributed by atoms with van der Waals surface area (Å²) in [4.78, 5) is 13.1. The molecule has 1 aromatic rings. The number of hydrogen-bond donors (Lipinski definition) is 2. The van der Waals surface area contributed by atoms with Crippen LogP contribution in [0.25, 0.3) is 0 Å². The molecule has 1 aliphatic rings. The number of rotatable bonds is 1. The highest BCUT2D eigenvalue weighted by Crippen LogP contribution is 2.21. The molecule has 1 saturated heterocycles. The first-order chi connectivity index (χ1) is 7.16. The van der Waals surface area contributed by atoms with E-state index in [0.717, 1.165) is 0 Å². The molecule has 5 heteroatoms. The van der Waals surface area contributed by atoms with Gasteiger partial charge in [-0.1, -0.05) is 23.7 Å². The van der Waals surface area contributed by atoms with Gasteiger partial charge >= 0.3 is 6.03 Å². The number of β-amino-alcohol motifs (C(OH)–C–C–N with tert-alkyl or cyclic N) is 1. The number of urea groups is 1. The monoisotopic (exact) mass is 226 g/mol. The van der Waals surface area contributed by atoms with Gasteiger partial charge in [0.05, 0.1) is 29.9 Å². The van der Waals surface area contributed by atoms with Crippen molar-refractivity contribution < 1.29 is 9.90 Å². The molecule has 80 valence electrons. The Kier molecular flexibility index (Phi) is 2.79. The van der Waals surface area contributed by atoms with Crippen LogP contribution in [0.4, 0.5) is 10.5 Å². The van der Waals surface area contributed by atoms with Crippen molar-refractivity contribution in [2.75, 3.05) is 18.4 Å². The topological polar surface area (TPSA) is 52.6 Å². The average Bonchev–Trinajstić information content (AvgIpc) is 2.17. The summed E-state index contributed by atoms with van der Waals surface area (Å²) in [5.41, 5.74) is 0.588. The third-order valence-corrected chi connectivity index (χ3v) is 2.59. The van der Waals surface area contributed by atoms with Crippen LogP contribution in [-0.4, -0.2) is 35.2 Å². The predicted molar refractivity (Wildman–Crippen MR) is 58.1 cm³/mol. The summed E-state index contributed by atoms with van der Waals surface area (Å²) < 4.78 is 0. The third-order valence-electron chi connectivity index (χ3n) is 2.26. The standard InChI is InChI=1S/C10H11ClN2O2/c11-8-3-1-2-4-9(8)12-10(15)13-5-7(14)6-13/h1-4,7,14H,5-6H2,(H,12,15). The van der Waals surface area contributed by atoms with E-state index in [1.165, 1.54) is 4.90 Å². The van der Waals surface area contributed by atoms with E-state index in [-0.39, 0.29) is 12.1 Å². The number of aliphatic hydroxyl groups excluding tert-OH is 1. The zero-order valence-corrected chi connectivity index (χ0v) is 8.74. The molecule has 2 rings (SSSR count). The first-order valence-corrected chi connectivity index (χ1v) is 5.03. The second kappa shape index (κ2) is 4.08. The van der Waals surface area contributed by atoms with Crippen LogP contribution in [0.5, 0.6) is 0 Å². The predicted octanol–water partition coefficient (Wildman–Crippen LogP) is 1.55. The summed E-state index contributed by atoms with van der Waals surface area (Å²) in [5, 5.41) is 12.2. The number of nitrogens with zero attached hydrogens (tertiary/aromatic N) is 1. The maximum atomic E-state index is 11.5. The van der Waals surface area contributed by atoms with E-state index < -0.39 is 0 Å². The van der Waals surface area contributed by atoms with Crippen molar-refractivity contribution in [2.45, 2.75) is 6.10 Å². The number of amides is 2. The molecule has 0 bridgehead atoms. The van der Waals surface area contributed by atoms with E-state index in [4.69, 9.17) is 16.7 Å². The van der Waals surface area contributed by atoms with Crippen molar-refractivity contribution in [3.8, 4) is 0 Å². The van der Waals surface area contributed by atoms with E-state index in [1.807, 2.05) is 0 Å². The van der Waals surface area contributed by atoms with Crippen LogP contribution in [0.2, 0.25) is 5.02 Å². The van der Waals surface area contributed by atoms with Crippen molar-refractivity contribution in [1.82, 2.24) is 4.90 Å². The fourth-order valence-electron chi connectivity index (χ4n) is 1.38. The van der Waals surface area contributed by atoms with Gasteiger partial charge in [-0.05, 0) is 12.1 Å². The van der Waals surface area contributed by atoms with Gasteiger partial charge in [-0.3, -0.25) is 0 Å². The maximum absolute atomic E-state index is 11.5. The number of carbonyl (C=O) groups is 1. The van der Waals surface area contributed by atoms with Gasteiger partial charge in [-0.15, -0.1) is 0 Å². The number of halogens is 1. The highest BCUT2D eigenvalue weighted by Gasteiger charge is 2.28. The zero-order valence-electron chi connectivity index (χ0n) is 7.98. The lowest BCUT2D eigenvalue weighted by Gasteiger charge is -2.35. The van der Waals surface area contributed by atoms with Crippen molar-refractivity contribution in [1.29, 1.82) is 0 Å². The Bertz CT molecular complexity index is 377. The quantitative estimate of drug-likeness (QED) is 0.764. The van der Waals surface area contributed by atoms with E-state index >= 15 is 0 Å². The lowest BCUT2D eigenvalue weighted by atomic mass is 10.2. The number of likely N-dealkylation sites (tertiary alicyclic amines) is 1. The third kappa shape index (κ3) is 2.22. The highest BCUT2D eigenvalue weighted by molar-refractivity contribution is 6.33. The Labute approximate surface area is 92.5 Å². The van der Waals surface area contributed by atoms with Crippen LogP contribution >= 0.6 is 11.6 Å². The average molecular weight is 227 g/mol. The summed E-state index contributed by atoms with van der Waals surface area (Å²) in [6, 6.07) is 6.81. The number of benzene rings is 1. The fourth-order valence-corrected chi connectivity index (χ4v) is 1.56. The van der Waals surface area contributed by atoms with Gasteiger partial charge in [0.1, 0.15) is 0 Å². The molecule has 2 amide bonds. The second-order valence-electron chi connectivity index (χ2n) is 3.47. The van der Waals surface area contributed by atoms with Crippen molar-refractivity contribution in [2.24, 2.45) is 0 Å². The summed E-state index contributed by atoms with van der Waals surface area (Å²) in [5.74, 6) is 0. The second-order valence-corrected chi connectivity index (χ2v) is 3.88. The number of carbonyl (C=O) groups excluding carboxylic acids is 1. The Hall–Kier alpha value is -1.26. The zero-order chi connectivity index (χ0) is 10.8. The molecule has 1 aromatic carbocycles. The van der Waals surface area contributed by atoms with E-state index in [1.54, 1.807) is 24.3 Å². The van der Waals surface area contributed by atoms with Crippen LogP contribution in [0.15, 0.2) is 24.3 Å². The van der Waals surface area contributed by atoms with Crippen LogP contribution in [0.1, 0.15) is 0 Å². The van der Waals surface area contributed by atoms with Gasteiger partial charge in [0.15, 0.2) is 0 Å². The molecule has 0 aromatic heterocycles. The molecule has 1 fully saturated rings. The molecule has 0 aliphatic carbocycles. The molecule has 1 heterocycles. The normalized spacial score (nSPS) is 16.0. The van der Waals surface area contributed by atoms with Crippen LogP contribution < -0.4 is 5.32 Å². The molecule has 0 radical (unpaired) electrons. The first kappa shape index (κ1) is 10.3. The van der Waals surface area contributed by atoms with Crippen LogP contribution in [0, 0.1) is 0 Å². The maximum Gasteiger partial charge on any atom is 0.322 e. The minimum Gasteiger partial charge on any atom is -0.389 e. The lowest BCUT2D eigenvalue weighted by Crippen LogP contribution is -2.54. The molecular formula is C10H11ClN2O2. The Morgan fingerprint density at radius 3 is 2.73 bits per heavy atom. The van der Waals surface area contributed by atoms with Crippen molar-refractivity contribution in [3.05, 3.63) is 29.3 Å². The number of para-hydroxylation sites is 1. The van der Waals surface area contributed by atoms with E-state index in [9.17, 15) is 4.79 Å². The molecule has 0 spiro atoms. The van der Waals surface area contributed by atoms with Crippen LogP contribution in [-0.2, 0) is 0 Å². The largest absolute Gasteiger partial charge is 0.389 e. The molecule has 0 atom stereocenters. The van der Waals surface area contributed by atoms with Gasteiger partial charge in [0.25, 0.3) is 0 Å². The number of hydrogen-bond acceptors (Lipinski definition) is 2. The Balaban J connectivity index is 1.97. The Morgan fingerprint density at radius 1 is 1.47 bits per heavy atom. The van der Waals surface area contributed by atoms with Crippen LogP contribution in [0.3, 0.4) is 0 Å². The SMILES string of the molecule is O=C(Nc1ccccc1Cl)N1CC(O)C1. The Morgan fingerprint density at radius 2 is 2.13 bits per heavy atom. The molecule has 0 saturated carbocycles. The highest BCUT2D eigenvalue weighted by atomic mass is 35.5. The number of nitrogens with one attached hydrogen (secondary N) is 1. The fraction of sp³-hybridized carbons (Fsp3) is 0.300. The molecule has 15 heavy (non-hydrogen) atoms. The molecular weight excluding hydrogens is 216 g/mol. The minimum absolute atomic E-state index is 0.228. The molecule has 0 unspecified atom stereocenters. The van der Waals surface area contributed by atoms with E-state index in [0.29, 0.717) is 23.8 Å². The van der Waals surface area contributed by atoms with Crippen molar-refractivity contribution >= 4 is 23.3 Å². The van der Waals surface area contributed by atoms with Gasteiger partial charge in [-0.2, -0.15) is 0 Å². The molecule has 1 aliphatic heterocycles. The molecule has 2 N–H and O–H groups in total. The minimum atomic E-state index is -0.387. The first-order valence-electron chi connectivity index (χ1n) is 4.65. The lowest BCUT2D eigenvalue weighted by molar-refractivity contribution is 0.0309. The summed E-state index contributed by atoms with van der Waals surface area (Å²) in [6.07, 6.45) is -0.387. The van der Waals surface area contributed by atoms with Crippen molar-refractivity contribution in [3.63, 3.8) is 0 Å². The van der Waals surface area contributed by atoms with Gasteiger partial charge in [0.2, 0.25) is 0 Å². The summed E-state index contributed by atoms with van der Waals surface area (Å²) in [6.45, 7) is 0.770. The van der Waals surface area contributed by atoms with Gasteiger partial charge in [0, 0.05) is 0 Å². The van der Waals surface area contributed by atoms with Gasteiger partial charge in [-0.25, -0.2) is 4.79 Å². The molecule has 4 nitrogen and oxygen atoms in total. The number of aliphatic hydroxyl groups is 1. The van der Waals surface area contributed by atoms with Gasteiger partial charge < -0.3 is 15.3 Å². The van der Waals surface area contributed by atoms with E-state index in [2.05, 4.69) is 5.32 Å². The summed E-state index contributed by atoms with van der Waals surface area (Å²) >= 11 is 5.88. The summed E-state index contributed by atoms with van der Waals surface area (Å²) in [7, 11) is 0. The number of anilines is 1.